The average Bonchev–Trinajstić information content (AvgIpc) is 2.65. The van der Waals surface area contributed by atoms with Crippen molar-refractivity contribution in [2.24, 2.45) is 4.99 Å². The number of rotatable bonds is 3. The molecule has 4 nitrogen and oxygen atoms in total. The molecule has 2 rings (SSSR count). The van der Waals surface area contributed by atoms with Crippen LogP contribution in [0.25, 0.3) is 0 Å². The van der Waals surface area contributed by atoms with E-state index in [9.17, 15) is 14.3 Å². The van der Waals surface area contributed by atoms with E-state index in [1.54, 1.807) is 45.9 Å². The number of amidine groups is 1. The number of benzene rings is 1. The van der Waals surface area contributed by atoms with E-state index in [1.807, 2.05) is 0 Å². The number of hydrogen-bond donors (Lipinski definition) is 2. The molecule has 2 atom stereocenters. The summed E-state index contributed by atoms with van der Waals surface area (Å²) in [6.45, 7) is 6.62. The van der Waals surface area contributed by atoms with E-state index in [4.69, 9.17) is 0 Å². The molecule has 1 amide bonds. The maximum atomic E-state index is 13.7. The van der Waals surface area contributed by atoms with Crippen LogP contribution in [0, 0.1) is 5.82 Å². The van der Waals surface area contributed by atoms with Crippen LogP contribution in [0.1, 0.15) is 39.3 Å². The molecule has 1 heterocycles. The van der Waals surface area contributed by atoms with Crippen LogP contribution < -0.4 is 5.32 Å². The van der Waals surface area contributed by atoms with Crippen molar-refractivity contribution in [2.75, 3.05) is 0 Å². The Hall–Kier alpha value is -1.40. The minimum atomic E-state index is -1.21. The highest BCUT2D eigenvalue weighted by atomic mass is 32.2. The van der Waals surface area contributed by atoms with E-state index < -0.39 is 10.3 Å². The number of hydrogen-bond acceptors (Lipinski definition) is 4. The number of nitrogens with one attached hydrogen (secondary N) is 1. The lowest BCUT2D eigenvalue weighted by molar-refractivity contribution is -0.124. The molecular formula is C15H19FN2O2S. The summed E-state index contributed by atoms with van der Waals surface area (Å²) in [6, 6.07) is 6.14. The van der Waals surface area contributed by atoms with Crippen molar-refractivity contribution in [1.29, 1.82) is 0 Å². The average molecular weight is 310 g/mol. The van der Waals surface area contributed by atoms with Crippen LogP contribution in [-0.2, 0) is 4.79 Å². The van der Waals surface area contributed by atoms with E-state index >= 15 is 0 Å². The molecule has 2 N–H and O–H groups in total. The molecule has 0 aliphatic carbocycles. The molecule has 0 spiro atoms. The van der Waals surface area contributed by atoms with Gasteiger partial charge in [0.05, 0.1) is 11.6 Å². The van der Waals surface area contributed by atoms with Gasteiger partial charge in [-0.15, -0.1) is 0 Å². The van der Waals surface area contributed by atoms with Gasteiger partial charge in [0.1, 0.15) is 10.6 Å². The number of aliphatic hydroxyl groups is 1. The van der Waals surface area contributed by atoms with Gasteiger partial charge in [-0.3, -0.25) is 4.79 Å². The summed E-state index contributed by atoms with van der Waals surface area (Å²) in [6.07, 6.45) is 0. The minimum absolute atomic E-state index is 0.308. The molecule has 0 unspecified atom stereocenters. The Balaban J connectivity index is 2.14. The van der Waals surface area contributed by atoms with Gasteiger partial charge in [-0.05, 0) is 33.8 Å². The summed E-state index contributed by atoms with van der Waals surface area (Å²) < 4.78 is 12.7. The molecule has 1 aromatic carbocycles. The molecule has 6 heteroatoms. The predicted molar refractivity (Wildman–Crippen MR) is 82.7 cm³/mol. The van der Waals surface area contributed by atoms with Crippen LogP contribution in [0.4, 0.5) is 4.39 Å². The van der Waals surface area contributed by atoms with Gasteiger partial charge in [-0.1, -0.05) is 30.0 Å². The standard InChI is InChI=1S/C15H19FN2O2S/c1-9(10-7-5-6-8-11(10)16)17-13-18-12(19)15(4,21-13)14(2,3)20/h5-9,20H,1-4H3,(H,17,18,19)/t9-,15-/m0/s1. The van der Waals surface area contributed by atoms with Crippen molar-refractivity contribution >= 4 is 22.8 Å². The van der Waals surface area contributed by atoms with Gasteiger partial charge in [-0.25, -0.2) is 4.39 Å². The maximum absolute atomic E-state index is 13.7. The predicted octanol–water partition coefficient (Wildman–Crippen LogP) is 2.64. The van der Waals surface area contributed by atoms with E-state index in [1.165, 1.54) is 17.8 Å². The molecule has 21 heavy (non-hydrogen) atoms. The van der Waals surface area contributed by atoms with Crippen molar-refractivity contribution < 1.29 is 14.3 Å². The first-order valence-corrected chi connectivity index (χ1v) is 7.52. The Morgan fingerprint density at radius 2 is 2.05 bits per heavy atom. The van der Waals surface area contributed by atoms with E-state index in [2.05, 4.69) is 10.3 Å². The van der Waals surface area contributed by atoms with Gasteiger partial charge in [0.25, 0.3) is 5.91 Å². The van der Waals surface area contributed by atoms with Gasteiger partial charge >= 0.3 is 0 Å². The summed E-state index contributed by atoms with van der Waals surface area (Å²) >= 11 is 1.17. The van der Waals surface area contributed by atoms with Crippen LogP contribution in [0.3, 0.4) is 0 Å². The third kappa shape index (κ3) is 2.96. The largest absolute Gasteiger partial charge is 0.388 e. The number of aliphatic imine (C=N–C) groups is 1. The minimum Gasteiger partial charge on any atom is -0.388 e. The Bertz CT molecular complexity index is 598. The first kappa shape index (κ1) is 16.0. The number of carbonyl (C=O) groups is 1. The number of nitrogens with zero attached hydrogens (tertiary/aromatic N) is 1. The lowest BCUT2D eigenvalue weighted by Crippen LogP contribution is -2.49. The first-order chi connectivity index (χ1) is 9.65. The van der Waals surface area contributed by atoms with Gasteiger partial charge in [0.15, 0.2) is 5.17 Å². The lowest BCUT2D eigenvalue weighted by atomic mass is 9.91. The Morgan fingerprint density at radius 3 is 2.57 bits per heavy atom. The Labute approximate surface area is 127 Å². The number of amides is 1. The molecule has 1 aliphatic heterocycles. The second kappa shape index (κ2) is 5.42. The molecule has 0 bridgehead atoms. The fourth-order valence-electron chi connectivity index (χ4n) is 2.00. The molecule has 0 fully saturated rings. The van der Waals surface area contributed by atoms with Crippen LogP contribution in [-0.4, -0.2) is 26.5 Å². The van der Waals surface area contributed by atoms with Crippen molar-refractivity contribution in [2.45, 2.75) is 44.1 Å². The van der Waals surface area contributed by atoms with Gasteiger partial charge in [-0.2, -0.15) is 4.99 Å². The van der Waals surface area contributed by atoms with Gasteiger partial charge in [0, 0.05) is 5.56 Å². The van der Waals surface area contributed by atoms with Crippen molar-refractivity contribution in [1.82, 2.24) is 5.32 Å². The molecule has 0 saturated carbocycles. The molecule has 1 aromatic rings. The molecule has 114 valence electrons. The van der Waals surface area contributed by atoms with Gasteiger partial charge < -0.3 is 10.4 Å². The van der Waals surface area contributed by atoms with Crippen LogP contribution in [0.15, 0.2) is 29.3 Å². The lowest BCUT2D eigenvalue weighted by Gasteiger charge is -2.33. The smallest absolute Gasteiger partial charge is 0.267 e. The highest BCUT2D eigenvalue weighted by molar-refractivity contribution is 8.16. The van der Waals surface area contributed by atoms with Crippen LogP contribution >= 0.6 is 11.8 Å². The van der Waals surface area contributed by atoms with E-state index in [0.717, 1.165) is 0 Å². The van der Waals surface area contributed by atoms with Gasteiger partial charge in [0.2, 0.25) is 0 Å². The zero-order valence-electron chi connectivity index (χ0n) is 12.5. The van der Waals surface area contributed by atoms with Crippen molar-refractivity contribution in [3.8, 4) is 0 Å². The maximum Gasteiger partial charge on any atom is 0.267 e. The van der Waals surface area contributed by atoms with Crippen molar-refractivity contribution in [3.63, 3.8) is 0 Å². The highest BCUT2D eigenvalue weighted by Crippen LogP contribution is 2.42. The zero-order chi connectivity index (χ0) is 15.8. The molecule has 1 aliphatic rings. The Morgan fingerprint density at radius 1 is 1.43 bits per heavy atom. The number of carbonyl (C=O) groups excluding carboxylic acids is 1. The van der Waals surface area contributed by atoms with E-state index in [0.29, 0.717) is 10.7 Å². The molecule has 0 aromatic heterocycles. The van der Waals surface area contributed by atoms with E-state index in [-0.39, 0.29) is 17.8 Å². The summed E-state index contributed by atoms with van der Waals surface area (Å²) in [5, 5.41) is 13.6. The monoisotopic (exact) mass is 310 g/mol. The summed E-state index contributed by atoms with van der Waals surface area (Å²) in [4.78, 5) is 16.0. The Kier molecular flexibility index (Phi) is 4.13. The summed E-state index contributed by atoms with van der Waals surface area (Å²) in [5.41, 5.74) is -0.701. The highest BCUT2D eigenvalue weighted by Gasteiger charge is 2.51. The third-order valence-corrected chi connectivity index (χ3v) is 5.28. The topological polar surface area (TPSA) is 61.7 Å². The molecule has 0 radical (unpaired) electrons. The molecule has 0 saturated heterocycles. The number of halogens is 1. The normalized spacial score (nSPS) is 23.9. The van der Waals surface area contributed by atoms with Crippen LogP contribution in [0.2, 0.25) is 0 Å². The van der Waals surface area contributed by atoms with Crippen LogP contribution in [0.5, 0.6) is 0 Å². The summed E-state index contributed by atoms with van der Waals surface area (Å²) in [5.74, 6) is -0.694. The second-order valence-corrected chi connectivity index (χ2v) is 7.21. The van der Waals surface area contributed by atoms with Crippen molar-refractivity contribution in [3.05, 3.63) is 35.6 Å². The quantitative estimate of drug-likeness (QED) is 0.901. The number of thioether (sulfide) groups is 1. The first-order valence-electron chi connectivity index (χ1n) is 6.70. The second-order valence-electron chi connectivity index (χ2n) is 5.80. The molecular weight excluding hydrogens is 291 g/mol. The zero-order valence-corrected chi connectivity index (χ0v) is 13.3. The summed E-state index contributed by atoms with van der Waals surface area (Å²) in [7, 11) is 0. The fraction of sp³-hybridized carbons (Fsp3) is 0.467. The SMILES string of the molecule is C[C@H](NC1=NC(=O)[C@@](C)(C(C)(C)O)S1)c1ccccc1F. The third-order valence-electron chi connectivity index (χ3n) is 3.79. The fourth-order valence-corrected chi connectivity index (χ4v) is 3.13.